The number of nitrogens with one attached hydrogen (secondary N) is 1. The Bertz CT molecular complexity index is 1390. The lowest BCUT2D eigenvalue weighted by Gasteiger charge is -2.44. The second-order valence-electron chi connectivity index (χ2n) is 9.99. The largest absolute Gasteiger partial charge is 0.368 e. The second kappa shape index (κ2) is 8.10. The van der Waals surface area contributed by atoms with Crippen molar-refractivity contribution in [3.05, 3.63) is 71.3 Å². The predicted octanol–water partition coefficient (Wildman–Crippen LogP) is 3.72. The molecular formula is C27H31N3O3S. The van der Waals surface area contributed by atoms with Crippen LogP contribution in [0.2, 0.25) is 0 Å². The van der Waals surface area contributed by atoms with Crippen molar-refractivity contribution < 1.29 is 13.2 Å². The van der Waals surface area contributed by atoms with Gasteiger partial charge < -0.3 is 15.1 Å². The molecule has 1 saturated heterocycles. The number of nitrogens with zero attached hydrogens (tertiary/aromatic N) is 2. The lowest BCUT2D eigenvalue weighted by Crippen LogP contribution is -2.57. The van der Waals surface area contributed by atoms with Gasteiger partial charge in [-0.25, -0.2) is 8.42 Å². The van der Waals surface area contributed by atoms with E-state index in [1.807, 2.05) is 43.3 Å². The summed E-state index contributed by atoms with van der Waals surface area (Å²) in [6.45, 7) is 3.88. The number of anilines is 1. The van der Waals surface area contributed by atoms with E-state index in [0.717, 1.165) is 48.1 Å². The Morgan fingerprint density at radius 1 is 1.03 bits per heavy atom. The first kappa shape index (κ1) is 22.9. The minimum absolute atomic E-state index is 0.0854. The number of amides is 1. The Morgan fingerprint density at radius 2 is 1.71 bits per heavy atom. The van der Waals surface area contributed by atoms with E-state index in [2.05, 4.69) is 35.3 Å². The molecule has 34 heavy (non-hydrogen) atoms. The molecule has 7 heteroatoms. The molecule has 0 bridgehead atoms. The summed E-state index contributed by atoms with van der Waals surface area (Å²) < 4.78 is 24.6. The number of hydrogen-bond donors (Lipinski definition) is 1. The minimum atomic E-state index is -3.36. The van der Waals surface area contributed by atoms with Gasteiger partial charge in [-0.3, -0.25) is 4.79 Å². The molecule has 6 nitrogen and oxygen atoms in total. The van der Waals surface area contributed by atoms with Gasteiger partial charge in [0.25, 0.3) is 5.91 Å². The Labute approximate surface area is 201 Å². The van der Waals surface area contributed by atoms with Crippen LogP contribution in [0.4, 0.5) is 5.69 Å². The molecule has 2 aliphatic rings. The molecule has 5 rings (SSSR count). The van der Waals surface area contributed by atoms with Crippen LogP contribution in [-0.2, 0) is 15.4 Å². The fourth-order valence-corrected chi connectivity index (χ4v) is 5.84. The summed E-state index contributed by atoms with van der Waals surface area (Å²) in [5.41, 5.74) is 3.21. The van der Waals surface area contributed by atoms with E-state index in [1.54, 1.807) is 12.1 Å². The molecule has 1 heterocycles. The van der Waals surface area contributed by atoms with Crippen LogP contribution in [0.1, 0.15) is 34.3 Å². The maximum absolute atomic E-state index is 13.5. The van der Waals surface area contributed by atoms with E-state index in [-0.39, 0.29) is 5.91 Å². The lowest BCUT2D eigenvalue weighted by atomic mass is 9.96. The Hall–Kier alpha value is -2.90. The number of fused-ring (bicyclic) bond motifs is 1. The highest BCUT2D eigenvalue weighted by Crippen LogP contribution is 2.48. The number of carbonyl (C=O) groups excluding carboxylic acids is 1. The van der Waals surface area contributed by atoms with Crippen LogP contribution in [0.25, 0.3) is 10.8 Å². The molecule has 1 saturated carbocycles. The van der Waals surface area contributed by atoms with Crippen LogP contribution in [0, 0.1) is 6.92 Å². The summed E-state index contributed by atoms with van der Waals surface area (Å²) in [5.74, 6) is -0.0854. The van der Waals surface area contributed by atoms with Crippen LogP contribution in [-0.4, -0.2) is 58.7 Å². The molecule has 0 atom stereocenters. The maximum Gasteiger partial charge on any atom is 0.252 e. The van der Waals surface area contributed by atoms with Crippen molar-refractivity contribution in [1.82, 2.24) is 10.2 Å². The molecule has 3 aromatic carbocycles. The van der Waals surface area contributed by atoms with E-state index in [1.165, 1.54) is 6.26 Å². The van der Waals surface area contributed by atoms with Gasteiger partial charge in [-0.15, -0.1) is 0 Å². The molecule has 1 amide bonds. The summed E-state index contributed by atoms with van der Waals surface area (Å²) in [5, 5.41) is 4.89. The summed E-state index contributed by atoms with van der Waals surface area (Å²) in [7, 11) is 0.832. The first-order chi connectivity index (χ1) is 16.1. The molecule has 0 spiro atoms. The summed E-state index contributed by atoms with van der Waals surface area (Å²) in [6.07, 6.45) is 2.89. The molecule has 178 valence electrons. The van der Waals surface area contributed by atoms with Crippen LogP contribution in [0.3, 0.4) is 0 Å². The van der Waals surface area contributed by atoms with E-state index >= 15 is 0 Å². The van der Waals surface area contributed by atoms with Gasteiger partial charge in [-0.2, -0.15) is 0 Å². The molecule has 1 aliphatic carbocycles. The predicted molar refractivity (Wildman–Crippen MR) is 136 cm³/mol. The van der Waals surface area contributed by atoms with Crippen LogP contribution in [0.15, 0.2) is 59.5 Å². The highest BCUT2D eigenvalue weighted by Gasteiger charge is 2.47. The monoisotopic (exact) mass is 477 g/mol. The van der Waals surface area contributed by atoms with Gasteiger partial charge in [0.05, 0.1) is 10.4 Å². The van der Waals surface area contributed by atoms with Gasteiger partial charge >= 0.3 is 0 Å². The number of aryl methyl sites for hydroxylation is 1. The zero-order chi connectivity index (χ0) is 24.3. The van der Waals surface area contributed by atoms with Crippen molar-refractivity contribution in [1.29, 1.82) is 0 Å². The summed E-state index contributed by atoms with van der Waals surface area (Å²) in [4.78, 5) is 18.3. The van der Waals surface area contributed by atoms with Crippen LogP contribution in [0.5, 0.6) is 0 Å². The third kappa shape index (κ3) is 3.97. The Morgan fingerprint density at radius 3 is 2.35 bits per heavy atom. The van der Waals surface area contributed by atoms with Crippen molar-refractivity contribution >= 4 is 32.2 Å². The van der Waals surface area contributed by atoms with Crippen molar-refractivity contribution in [2.75, 3.05) is 38.3 Å². The number of hydrogen-bond acceptors (Lipinski definition) is 5. The average Bonchev–Trinajstić information content (AvgIpc) is 3.52. The number of carbonyl (C=O) groups is 1. The summed E-state index contributed by atoms with van der Waals surface area (Å²) in [6, 6.07) is 17.7. The van der Waals surface area contributed by atoms with Crippen LogP contribution < -0.4 is 10.2 Å². The fraction of sp³-hybridized carbons (Fsp3) is 0.370. The number of sulfone groups is 1. The molecule has 3 aromatic rings. The normalized spacial score (nSPS) is 17.6. The topological polar surface area (TPSA) is 69.7 Å². The van der Waals surface area contributed by atoms with E-state index in [0.29, 0.717) is 21.9 Å². The smallest absolute Gasteiger partial charge is 0.252 e. The molecule has 0 aromatic heterocycles. The highest BCUT2D eigenvalue weighted by atomic mass is 32.2. The van der Waals surface area contributed by atoms with Gasteiger partial charge in [0, 0.05) is 42.0 Å². The van der Waals surface area contributed by atoms with E-state index < -0.39 is 15.4 Å². The van der Waals surface area contributed by atoms with Gasteiger partial charge in [-0.05, 0) is 68.6 Å². The highest BCUT2D eigenvalue weighted by molar-refractivity contribution is 7.91. The average molecular weight is 478 g/mol. The molecule has 0 radical (unpaired) electrons. The van der Waals surface area contributed by atoms with E-state index in [4.69, 9.17) is 0 Å². The van der Waals surface area contributed by atoms with Crippen LogP contribution >= 0.6 is 0 Å². The third-order valence-electron chi connectivity index (χ3n) is 7.32. The molecule has 1 N–H and O–H groups in total. The zero-order valence-electron chi connectivity index (χ0n) is 20.1. The third-order valence-corrected chi connectivity index (χ3v) is 8.48. The van der Waals surface area contributed by atoms with Crippen molar-refractivity contribution in [3.63, 3.8) is 0 Å². The Balaban J connectivity index is 1.44. The standard InChI is InChI=1S/C27H31N3O3S/c1-18-11-12-19(30-16-20(17-30)29(2)3)15-23(18)26(31)28-27(13-14-27)24-9-5-8-22-21(24)7-6-10-25(22)34(4,32)33/h5-12,15,20H,13-14,16-17H2,1-4H3,(H,28,31). The second-order valence-corrected chi connectivity index (χ2v) is 12.0. The lowest BCUT2D eigenvalue weighted by molar-refractivity contribution is 0.0930. The molecule has 2 fully saturated rings. The van der Waals surface area contributed by atoms with E-state index in [9.17, 15) is 13.2 Å². The number of likely N-dealkylation sites (N-methyl/N-ethyl adjacent to an activating group) is 1. The number of rotatable bonds is 6. The van der Waals surface area contributed by atoms with Crippen molar-refractivity contribution in [2.24, 2.45) is 0 Å². The Kier molecular flexibility index (Phi) is 5.45. The van der Waals surface area contributed by atoms with Gasteiger partial charge in [-0.1, -0.05) is 36.4 Å². The molecular weight excluding hydrogens is 446 g/mol. The zero-order valence-corrected chi connectivity index (χ0v) is 20.9. The minimum Gasteiger partial charge on any atom is -0.368 e. The first-order valence-electron chi connectivity index (χ1n) is 11.7. The first-order valence-corrected chi connectivity index (χ1v) is 13.5. The van der Waals surface area contributed by atoms with Crippen molar-refractivity contribution in [2.45, 2.75) is 36.2 Å². The van der Waals surface area contributed by atoms with Gasteiger partial charge in [0.15, 0.2) is 9.84 Å². The molecule has 1 aliphatic heterocycles. The fourth-order valence-electron chi connectivity index (χ4n) is 4.94. The van der Waals surface area contributed by atoms with Gasteiger partial charge in [0.1, 0.15) is 0 Å². The summed E-state index contributed by atoms with van der Waals surface area (Å²) >= 11 is 0. The molecule has 0 unspecified atom stereocenters. The SMILES string of the molecule is Cc1ccc(N2CC(N(C)C)C2)cc1C(=O)NC1(c2cccc3c(S(C)(=O)=O)cccc23)CC1. The van der Waals surface area contributed by atoms with Gasteiger partial charge in [0.2, 0.25) is 0 Å². The number of benzene rings is 3. The quantitative estimate of drug-likeness (QED) is 0.586. The van der Waals surface area contributed by atoms with Crippen molar-refractivity contribution in [3.8, 4) is 0 Å². The maximum atomic E-state index is 13.5.